The number of hydrogen-bond acceptors (Lipinski definition) is 7. The Morgan fingerprint density at radius 2 is 2.09 bits per heavy atom. The first-order chi connectivity index (χ1) is 10.7. The Balaban J connectivity index is 2.10. The van der Waals surface area contributed by atoms with Gasteiger partial charge in [-0.25, -0.2) is 9.97 Å². The molecule has 22 heavy (non-hydrogen) atoms. The maximum Gasteiger partial charge on any atom is 0.271 e. The predicted octanol–water partition coefficient (Wildman–Crippen LogP) is 1.06. The van der Waals surface area contributed by atoms with Crippen molar-refractivity contribution in [3.63, 3.8) is 0 Å². The summed E-state index contributed by atoms with van der Waals surface area (Å²) in [4.78, 5) is 26.1. The number of amides is 1. The van der Waals surface area contributed by atoms with Gasteiger partial charge in [0.2, 0.25) is 0 Å². The Morgan fingerprint density at radius 1 is 1.32 bits per heavy atom. The summed E-state index contributed by atoms with van der Waals surface area (Å²) in [6, 6.07) is 3.35. The van der Waals surface area contributed by atoms with E-state index in [-0.39, 0.29) is 5.91 Å². The highest BCUT2D eigenvalue weighted by Crippen LogP contribution is 2.25. The van der Waals surface area contributed by atoms with Crippen molar-refractivity contribution in [2.45, 2.75) is 13.8 Å². The number of carbonyl (C=O) groups excluding carboxylic acids is 1. The molecule has 2 rings (SSSR count). The highest BCUT2D eigenvalue weighted by atomic mass is 16.2. The molecule has 2 heterocycles. The van der Waals surface area contributed by atoms with Crippen LogP contribution in [0.2, 0.25) is 0 Å². The average Bonchev–Trinajstić information content (AvgIpc) is 2.57. The van der Waals surface area contributed by atoms with Crippen LogP contribution >= 0.6 is 0 Å². The molecule has 8 heteroatoms. The first kappa shape index (κ1) is 15.5. The smallest absolute Gasteiger partial charge is 0.271 e. The number of aromatic nitrogens is 3. The molecule has 4 N–H and O–H groups in total. The van der Waals surface area contributed by atoms with Gasteiger partial charge in [-0.2, -0.15) is 0 Å². The van der Waals surface area contributed by atoms with Crippen molar-refractivity contribution in [2.24, 2.45) is 0 Å². The van der Waals surface area contributed by atoms with Crippen LogP contribution in [0.15, 0.2) is 30.9 Å². The Hall–Kier alpha value is -2.90. The van der Waals surface area contributed by atoms with Gasteiger partial charge in [-0.15, -0.1) is 0 Å². The monoisotopic (exact) mass is 301 g/mol. The summed E-state index contributed by atoms with van der Waals surface area (Å²) in [5.41, 5.74) is 12.2. The van der Waals surface area contributed by atoms with Crippen LogP contribution in [0.5, 0.6) is 0 Å². The SMILES string of the molecule is CCN(CC)c1ncnc(NNC(=O)c2cccnc2)c1N. The number of pyridine rings is 1. The summed E-state index contributed by atoms with van der Waals surface area (Å²) in [6.45, 7) is 5.59. The third-order valence-corrected chi connectivity index (χ3v) is 3.14. The quantitative estimate of drug-likeness (QED) is 0.684. The minimum absolute atomic E-state index is 0.324. The molecular weight excluding hydrogens is 282 g/mol. The summed E-state index contributed by atoms with van der Waals surface area (Å²) >= 11 is 0. The van der Waals surface area contributed by atoms with Crippen LogP contribution in [-0.2, 0) is 0 Å². The fraction of sp³-hybridized carbons (Fsp3) is 0.286. The number of hydrazine groups is 1. The number of nitrogen functional groups attached to an aromatic ring is 1. The van der Waals surface area contributed by atoms with Crippen molar-refractivity contribution in [3.05, 3.63) is 36.4 Å². The molecule has 0 aliphatic rings. The summed E-state index contributed by atoms with van der Waals surface area (Å²) in [5.74, 6) is 0.669. The van der Waals surface area contributed by atoms with Crippen LogP contribution in [0.4, 0.5) is 17.3 Å². The molecule has 8 nitrogen and oxygen atoms in total. The number of hydrogen-bond donors (Lipinski definition) is 3. The van der Waals surface area contributed by atoms with Crippen molar-refractivity contribution in [1.29, 1.82) is 0 Å². The van der Waals surface area contributed by atoms with Crippen molar-refractivity contribution in [2.75, 3.05) is 29.1 Å². The van der Waals surface area contributed by atoms with Crippen LogP contribution < -0.4 is 21.5 Å². The van der Waals surface area contributed by atoms with E-state index in [1.54, 1.807) is 18.3 Å². The van der Waals surface area contributed by atoms with E-state index in [0.29, 0.717) is 22.9 Å². The Bertz CT molecular complexity index is 628. The lowest BCUT2D eigenvalue weighted by Crippen LogP contribution is -2.31. The fourth-order valence-electron chi connectivity index (χ4n) is 1.95. The number of rotatable bonds is 6. The summed E-state index contributed by atoms with van der Waals surface area (Å²) < 4.78 is 0. The number of anilines is 3. The standard InChI is InChI=1S/C14H19N7O/c1-3-21(4-2)13-11(15)12(17-9-18-13)19-20-14(22)10-6-5-7-16-8-10/h5-9H,3-4,15H2,1-2H3,(H,20,22)(H,17,18,19). The molecule has 0 aliphatic heterocycles. The molecule has 0 saturated heterocycles. The molecule has 0 bridgehead atoms. The first-order valence-corrected chi connectivity index (χ1v) is 6.99. The maximum absolute atomic E-state index is 12.0. The van der Waals surface area contributed by atoms with E-state index in [1.807, 2.05) is 18.7 Å². The third-order valence-electron chi connectivity index (χ3n) is 3.14. The fourth-order valence-corrected chi connectivity index (χ4v) is 1.95. The van der Waals surface area contributed by atoms with Crippen molar-refractivity contribution in [3.8, 4) is 0 Å². The summed E-state index contributed by atoms with van der Waals surface area (Å²) in [5, 5.41) is 0. The maximum atomic E-state index is 12.0. The predicted molar refractivity (Wildman–Crippen MR) is 85.3 cm³/mol. The van der Waals surface area contributed by atoms with Gasteiger partial charge in [0.25, 0.3) is 5.91 Å². The Labute approximate surface area is 128 Å². The van der Waals surface area contributed by atoms with Crippen LogP contribution in [0.1, 0.15) is 24.2 Å². The van der Waals surface area contributed by atoms with Crippen LogP contribution in [0.25, 0.3) is 0 Å². The lowest BCUT2D eigenvalue weighted by Gasteiger charge is -2.22. The molecule has 0 unspecified atom stereocenters. The van der Waals surface area contributed by atoms with E-state index in [2.05, 4.69) is 25.8 Å². The highest BCUT2D eigenvalue weighted by Gasteiger charge is 2.13. The molecule has 0 atom stereocenters. The molecule has 0 radical (unpaired) electrons. The Kier molecular flexibility index (Phi) is 5.07. The van der Waals surface area contributed by atoms with Gasteiger partial charge in [0.1, 0.15) is 12.0 Å². The number of nitrogens with one attached hydrogen (secondary N) is 2. The van der Waals surface area contributed by atoms with Gasteiger partial charge in [-0.1, -0.05) is 0 Å². The minimum atomic E-state index is -0.324. The summed E-state index contributed by atoms with van der Waals surface area (Å²) in [7, 11) is 0. The minimum Gasteiger partial charge on any atom is -0.393 e. The molecule has 116 valence electrons. The molecule has 0 aliphatic carbocycles. The topological polar surface area (TPSA) is 109 Å². The summed E-state index contributed by atoms with van der Waals surface area (Å²) in [6.07, 6.45) is 4.48. The second-order valence-electron chi connectivity index (χ2n) is 4.45. The number of nitrogens with two attached hydrogens (primary N) is 1. The van der Waals surface area contributed by atoms with E-state index in [1.165, 1.54) is 12.5 Å². The van der Waals surface area contributed by atoms with Crippen molar-refractivity contribution in [1.82, 2.24) is 20.4 Å². The molecule has 1 amide bonds. The molecule has 0 saturated carbocycles. The zero-order valence-corrected chi connectivity index (χ0v) is 12.6. The zero-order valence-electron chi connectivity index (χ0n) is 12.6. The number of nitrogens with zero attached hydrogens (tertiary/aromatic N) is 4. The molecule has 0 aromatic carbocycles. The van der Waals surface area contributed by atoms with E-state index in [4.69, 9.17) is 5.73 Å². The molecule has 0 spiro atoms. The zero-order chi connectivity index (χ0) is 15.9. The van der Waals surface area contributed by atoms with Crippen LogP contribution in [0, 0.1) is 0 Å². The normalized spacial score (nSPS) is 10.1. The van der Waals surface area contributed by atoms with E-state index in [9.17, 15) is 4.79 Å². The van der Waals surface area contributed by atoms with Crippen molar-refractivity contribution >= 4 is 23.2 Å². The van der Waals surface area contributed by atoms with E-state index in [0.717, 1.165) is 13.1 Å². The second kappa shape index (κ2) is 7.21. The first-order valence-electron chi connectivity index (χ1n) is 6.99. The second-order valence-corrected chi connectivity index (χ2v) is 4.45. The number of carbonyl (C=O) groups is 1. The van der Waals surface area contributed by atoms with Gasteiger partial charge in [0.15, 0.2) is 11.6 Å². The van der Waals surface area contributed by atoms with Gasteiger partial charge < -0.3 is 10.6 Å². The van der Waals surface area contributed by atoms with Gasteiger partial charge in [-0.3, -0.25) is 20.6 Å². The van der Waals surface area contributed by atoms with Crippen molar-refractivity contribution < 1.29 is 4.79 Å². The van der Waals surface area contributed by atoms with E-state index >= 15 is 0 Å². The van der Waals surface area contributed by atoms with Crippen LogP contribution in [0.3, 0.4) is 0 Å². The molecule has 2 aromatic heterocycles. The Morgan fingerprint density at radius 3 is 2.73 bits per heavy atom. The average molecular weight is 301 g/mol. The van der Waals surface area contributed by atoms with Gasteiger partial charge in [0, 0.05) is 25.5 Å². The highest BCUT2D eigenvalue weighted by molar-refractivity contribution is 5.94. The van der Waals surface area contributed by atoms with Gasteiger partial charge in [-0.05, 0) is 26.0 Å². The molecule has 0 fully saturated rings. The van der Waals surface area contributed by atoms with Gasteiger partial charge >= 0.3 is 0 Å². The molecular formula is C14H19N7O. The van der Waals surface area contributed by atoms with Crippen LogP contribution in [-0.4, -0.2) is 33.9 Å². The van der Waals surface area contributed by atoms with E-state index < -0.39 is 0 Å². The largest absolute Gasteiger partial charge is 0.393 e. The lowest BCUT2D eigenvalue weighted by atomic mass is 10.3. The van der Waals surface area contributed by atoms with Gasteiger partial charge in [0.05, 0.1) is 5.56 Å². The third kappa shape index (κ3) is 3.40. The molecule has 2 aromatic rings. The lowest BCUT2D eigenvalue weighted by molar-refractivity contribution is 0.0962.